The molecule has 0 fully saturated rings. The van der Waals surface area contributed by atoms with E-state index in [-0.39, 0.29) is 5.91 Å². The zero-order valence-electron chi connectivity index (χ0n) is 10.5. The molecule has 0 aliphatic carbocycles. The van der Waals surface area contributed by atoms with Gasteiger partial charge in [-0.2, -0.15) is 0 Å². The summed E-state index contributed by atoms with van der Waals surface area (Å²) in [4.78, 5) is 11.8. The first kappa shape index (κ1) is 13.3. The van der Waals surface area contributed by atoms with Crippen molar-refractivity contribution in [2.75, 3.05) is 13.7 Å². The normalized spacial score (nSPS) is 9.76. The highest BCUT2D eigenvalue weighted by Crippen LogP contribution is 2.20. The number of carbonyl (C=O) groups is 1. The summed E-state index contributed by atoms with van der Waals surface area (Å²) < 4.78 is 5.17. The smallest absolute Gasteiger partial charge is 0.251 e. The Kier molecular flexibility index (Phi) is 5.27. The second-order valence-electron chi connectivity index (χ2n) is 3.77. The predicted octanol–water partition coefficient (Wildman–Crippen LogP) is 2.87. The van der Waals surface area contributed by atoms with E-state index >= 15 is 0 Å². The molecule has 0 aliphatic rings. The molecule has 0 heterocycles. The van der Waals surface area contributed by atoms with Gasteiger partial charge in [0, 0.05) is 17.7 Å². The molecule has 0 radical (unpaired) electrons. The summed E-state index contributed by atoms with van der Waals surface area (Å²) in [6.45, 7) is 6.51. The van der Waals surface area contributed by atoms with Crippen molar-refractivity contribution in [3.05, 3.63) is 35.9 Å². The first-order chi connectivity index (χ1) is 8.22. The lowest BCUT2D eigenvalue weighted by Crippen LogP contribution is -2.24. The number of rotatable bonds is 6. The Morgan fingerprint density at radius 2 is 2.29 bits per heavy atom. The number of nitrogens with one attached hydrogen (secondary N) is 1. The van der Waals surface area contributed by atoms with E-state index in [9.17, 15) is 4.79 Å². The summed E-state index contributed by atoms with van der Waals surface area (Å²) in [6, 6.07) is 5.33. The predicted molar refractivity (Wildman–Crippen MR) is 70.3 cm³/mol. The summed E-state index contributed by atoms with van der Waals surface area (Å²) >= 11 is 0. The number of benzene rings is 1. The molecule has 1 N–H and O–H groups in total. The molecular weight excluding hydrogens is 214 g/mol. The van der Waals surface area contributed by atoms with Gasteiger partial charge in [0.05, 0.1) is 7.11 Å². The molecule has 0 unspecified atom stereocenters. The van der Waals surface area contributed by atoms with Crippen molar-refractivity contribution in [2.45, 2.75) is 19.8 Å². The van der Waals surface area contributed by atoms with Crippen molar-refractivity contribution < 1.29 is 9.53 Å². The molecule has 0 saturated heterocycles. The van der Waals surface area contributed by atoms with Crippen molar-refractivity contribution in [2.24, 2.45) is 0 Å². The molecule has 0 aliphatic heterocycles. The highest BCUT2D eigenvalue weighted by Gasteiger charge is 2.07. The molecule has 1 rings (SSSR count). The van der Waals surface area contributed by atoms with Crippen molar-refractivity contribution in [1.29, 1.82) is 0 Å². The van der Waals surface area contributed by atoms with E-state index in [2.05, 4.69) is 18.8 Å². The molecule has 1 aromatic rings. The zero-order chi connectivity index (χ0) is 12.7. The molecule has 0 spiro atoms. The third kappa shape index (κ3) is 3.63. The summed E-state index contributed by atoms with van der Waals surface area (Å²) in [7, 11) is 1.60. The maximum absolute atomic E-state index is 11.8. The van der Waals surface area contributed by atoms with Crippen LogP contribution >= 0.6 is 0 Å². The van der Waals surface area contributed by atoms with Crippen LogP contribution in [0.25, 0.3) is 6.08 Å². The van der Waals surface area contributed by atoms with Gasteiger partial charge in [0.25, 0.3) is 5.91 Å². The first-order valence-corrected chi connectivity index (χ1v) is 5.81. The van der Waals surface area contributed by atoms with Gasteiger partial charge in [-0.25, -0.2) is 0 Å². The number of amides is 1. The van der Waals surface area contributed by atoms with Crippen molar-refractivity contribution in [1.82, 2.24) is 5.32 Å². The number of ether oxygens (including phenoxy) is 1. The van der Waals surface area contributed by atoms with Gasteiger partial charge in [-0.3, -0.25) is 4.79 Å². The maximum atomic E-state index is 11.8. The topological polar surface area (TPSA) is 38.3 Å². The number of hydrogen-bond donors (Lipinski definition) is 1. The van der Waals surface area contributed by atoms with Crippen LogP contribution in [0.2, 0.25) is 0 Å². The largest absolute Gasteiger partial charge is 0.496 e. The van der Waals surface area contributed by atoms with Gasteiger partial charge in [-0.1, -0.05) is 26.0 Å². The van der Waals surface area contributed by atoms with Crippen LogP contribution in [0.4, 0.5) is 0 Å². The van der Waals surface area contributed by atoms with Gasteiger partial charge in [-0.05, 0) is 24.6 Å². The molecule has 3 nitrogen and oxygen atoms in total. The molecule has 0 saturated carbocycles. The van der Waals surface area contributed by atoms with E-state index in [4.69, 9.17) is 4.74 Å². The second-order valence-corrected chi connectivity index (χ2v) is 3.77. The van der Waals surface area contributed by atoms with Crippen LogP contribution in [0.1, 0.15) is 35.7 Å². The quantitative estimate of drug-likeness (QED) is 0.767. The lowest BCUT2D eigenvalue weighted by Gasteiger charge is -2.08. The van der Waals surface area contributed by atoms with Gasteiger partial charge in [-0.15, -0.1) is 0 Å². The Hall–Kier alpha value is -1.77. The summed E-state index contributed by atoms with van der Waals surface area (Å²) in [5.74, 6) is 0.675. The van der Waals surface area contributed by atoms with Crippen LogP contribution < -0.4 is 10.1 Å². The Morgan fingerprint density at radius 1 is 1.53 bits per heavy atom. The van der Waals surface area contributed by atoms with Gasteiger partial charge in [0.1, 0.15) is 5.75 Å². The van der Waals surface area contributed by atoms with Gasteiger partial charge in [0.2, 0.25) is 0 Å². The van der Waals surface area contributed by atoms with E-state index in [1.54, 1.807) is 31.4 Å². The number of methoxy groups -OCH3 is 1. The van der Waals surface area contributed by atoms with Crippen LogP contribution in [0.15, 0.2) is 24.8 Å². The number of carbonyl (C=O) groups excluding carboxylic acids is 1. The monoisotopic (exact) mass is 233 g/mol. The lowest BCUT2D eigenvalue weighted by molar-refractivity contribution is 0.0953. The van der Waals surface area contributed by atoms with Crippen molar-refractivity contribution in [3.8, 4) is 5.75 Å². The Balaban J connectivity index is 2.77. The van der Waals surface area contributed by atoms with Crippen LogP contribution in [0.3, 0.4) is 0 Å². The minimum Gasteiger partial charge on any atom is -0.496 e. The van der Waals surface area contributed by atoms with Gasteiger partial charge >= 0.3 is 0 Å². The Labute approximate surface area is 102 Å². The molecule has 3 heteroatoms. The summed E-state index contributed by atoms with van der Waals surface area (Å²) in [6.07, 6.45) is 3.75. The molecule has 92 valence electrons. The fourth-order valence-corrected chi connectivity index (χ4v) is 1.52. The summed E-state index contributed by atoms with van der Waals surface area (Å²) in [5.41, 5.74) is 1.47. The molecule has 0 aromatic heterocycles. The number of unbranched alkanes of at least 4 members (excludes halogenated alkanes) is 1. The molecule has 1 amide bonds. The standard InChI is InChI=1S/C14H19NO2/c1-4-6-9-15-14(16)12-7-8-13(17-3)11(5-2)10-12/h5,7-8,10H,2,4,6,9H2,1,3H3,(H,15,16). The van der Waals surface area contributed by atoms with Gasteiger partial charge in [0.15, 0.2) is 0 Å². The van der Waals surface area contributed by atoms with E-state index in [0.29, 0.717) is 12.1 Å². The first-order valence-electron chi connectivity index (χ1n) is 5.81. The third-order valence-electron chi connectivity index (χ3n) is 2.53. The molecule has 1 aromatic carbocycles. The van der Waals surface area contributed by atoms with Crippen molar-refractivity contribution >= 4 is 12.0 Å². The molecule has 0 atom stereocenters. The fourth-order valence-electron chi connectivity index (χ4n) is 1.52. The lowest BCUT2D eigenvalue weighted by atomic mass is 10.1. The Morgan fingerprint density at radius 3 is 2.88 bits per heavy atom. The SMILES string of the molecule is C=Cc1cc(C(=O)NCCCC)ccc1OC. The minimum absolute atomic E-state index is 0.0517. The average Bonchev–Trinajstić information content (AvgIpc) is 2.38. The Bertz CT molecular complexity index is 399. The van der Waals surface area contributed by atoms with E-state index < -0.39 is 0 Å². The second kappa shape index (κ2) is 6.74. The van der Waals surface area contributed by atoms with Crippen LogP contribution in [-0.4, -0.2) is 19.6 Å². The van der Waals surface area contributed by atoms with Crippen LogP contribution in [0.5, 0.6) is 5.75 Å². The van der Waals surface area contributed by atoms with Crippen molar-refractivity contribution in [3.63, 3.8) is 0 Å². The molecular formula is C14H19NO2. The van der Waals surface area contributed by atoms with E-state index in [1.165, 1.54) is 0 Å². The minimum atomic E-state index is -0.0517. The van der Waals surface area contributed by atoms with E-state index in [0.717, 1.165) is 24.2 Å². The van der Waals surface area contributed by atoms with Gasteiger partial charge < -0.3 is 10.1 Å². The zero-order valence-corrected chi connectivity index (χ0v) is 10.5. The number of hydrogen-bond acceptors (Lipinski definition) is 2. The molecule has 0 bridgehead atoms. The van der Waals surface area contributed by atoms with E-state index in [1.807, 2.05) is 0 Å². The highest BCUT2D eigenvalue weighted by atomic mass is 16.5. The molecule has 17 heavy (non-hydrogen) atoms. The third-order valence-corrected chi connectivity index (χ3v) is 2.53. The average molecular weight is 233 g/mol. The highest BCUT2D eigenvalue weighted by molar-refractivity contribution is 5.95. The van der Waals surface area contributed by atoms with Crippen LogP contribution in [-0.2, 0) is 0 Å². The van der Waals surface area contributed by atoms with Crippen LogP contribution in [0, 0.1) is 0 Å². The fraction of sp³-hybridized carbons (Fsp3) is 0.357. The summed E-state index contributed by atoms with van der Waals surface area (Å²) in [5, 5.41) is 2.87. The maximum Gasteiger partial charge on any atom is 0.251 e.